The van der Waals surface area contributed by atoms with Gasteiger partial charge in [0.1, 0.15) is 5.82 Å². The summed E-state index contributed by atoms with van der Waals surface area (Å²) in [7, 11) is 0. The van der Waals surface area contributed by atoms with Gasteiger partial charge in [-0.25, -0.2) is 9.18 Å². The van der Waals surface area contributed by atoms with Crippen molar-refractivity contribution in [3.63, 3.8) is 0 Å². The first kappa shape index (κ1) is 20.5. The van der Waals surface area contributed by atoms with Crippen molar-refractivity contribution in [2.45, 2.75) is 18.6 Å². The van der Waals surface area contributed by atoms with E-state index in [1.165, 1.54) is 12.1 Å². The monoisotopic (exact) mass is 414 g/mol. The van der Waals surface area contributed by atoms with E-state index >= 15 is 0 Å². The van der Waals surface area contributed by atoms with Gasteiger partial charge in [-0.3, -0.25) is 14.7 Å². The van der Waals surface area contributed by atoms with E-state index in [1.54, 1.807) is 19.1 Å². The quantitative estimate of drug-likeness (QED) is 0.596. The van der Waals surface area contributed by atoms with E-state index in [1.807, 2.05) is 34.9 Å². The van der Waals surface area contributed by atoms with Crippen LogP contribution in [0.2, 0.25) is 0 Å². The van der Waals surface area contributed by atoms with Crippen LogP contribution in [0.5, 0.6) is 0 Å². The Kier molecular flexibility index (Phi) is 6.96. The molecule has 3 aromatic rings. The lowest BCUT2D eigenvalue weighted by Gasteiger charge is -2.10. The fourth-order valence-corrected chi connectivity index (χ4v) is 3.30. The van der Waals surface area contributed by atoms with Gasteiger partial charge < -0.3 is 4.74 Å². The van der Waals surface area contributed by atoms with Crippen LogP contribution in [0.25, 0.3) is 11.4 Å². The maximum Gasteiger partial charge on any atom is 0.413 e. The lowest BCUT2D eigenvalue weighted by molar-refractivity contribution is -0.117. The van der Waals surface area contributed by atoms with Crippen molar-refractivity contribution in [1.82, 2.24) is 20.1 Å². The number of nitrogens with zero attached hydrogens (tertiary/aromatic N) is 3. The van der Waals surface area contributed by atoms with Crippen LogP contribution in [-0.4, -0.2) is 39.1 Å². The molecule has 0 saturated heterocycles. The molecule has 29 heavy (non-hydrogen) atoms. The number of halogens is 1. The molecule has 2 aromatic carbocycles. The summed E-state index contributed by atoms with van der Waals surface area (Å²) in [5, 5.41) is 11.1. The number of amides is 2. The molecule has 2 amide bonds. The van der Waals surface area contributed by atoms with Crippen LogP contribution in [0.15, 0.2) is 59.8 Å². The number of ether oxygens (including phenoxy) is 1. The Morgan fingerprint density at radius 1 is 1.10 bits per heavy atom. The lowest BCUT2D eigenvalue weighted by atomic mass is 10.2. The van der Waals surface area contributed by atoms with E-state index in [0.29, 0.717) is 23.1 Å². The van der Waals surface area contributed by atoms with Crippen molar-refractivity contribution in [3.8, 4) is 11.4 Å². The summed E-state index contributed by atoms with van der Waals surface area (Å²) in [6.45, 7) is 2.31. The number of carbonyl (C=O) groups excluding carboxylic acids is 2. The number of benzene rings is 2. The molecular weight excluding hydrogens is 395 g/mol. The zero-order valence-electron chi connectivity index (χ0n) is 15.7. The van der Waals surface area contributed by atoms with Gasteiger partial charge in [-0.15, -0.1) is 10.2 Å². The van der Waals surface area contributed by atoms with Crippen molar-refractivity contribution < 1.29 is 18.7 Å². The summed E-state index contributed by atoms with van der Waals surface area (Å²) >= 11 is 1.15. The van der Waals surface area contributed by atoms with Crippen LogP contribution in [0.4, 0.5) is 9.18 Å². The standard InChI is InChI=1S/C20H19FN4O3S/c1-2-28-20(27)22-17(26)13-29-19-24-23-18(15-8-10-16(21)11-9-15)25(19)12-14-6-4-3-5-7-14/h3-11H,2,12-13H2,1H3,(H,22,26,27). The molecular formula is C20H19FN4O3S. The average Bonchev–Trinajstić information content (AvgIpc) is 3.10. The number of thioether (sulfide) groups is 1. The van der Waals surface area contributed by atoms with E-state index in [-0.39, 0.29) is 18.2 Å². The molecule has 0 bridgehead atoms. The number of imide groups is 1. The summed E-state index contributed by atoms with van der Waals surface area (Å²) < 4.78 is 19.8. The van der Waals surface area contributed by atoms with Crippen molar-refractivity contribution >= 4 is 23.8 Å². The SMILES string of the molecule is CCOC(=O)NC(=O)CSc1nnc(-c2ccc(F)cc2)n1Cc1ccccc1. The van der Waals surface area contributed by atoms with Gasteiger partial charge in [0.25, 0.3) is 0 Å². The third-order valence-electron chi connectivity index (χ3n) is 3.85. The molecule has 0 saturated carbocycles. The molecule has 0 atom stereocenters. The molecule has 1 heterocycles. The maximum absolute atomic E-state index is 13.3. The topological polar surface area (TPSA) is 86.1 Å². The zero-order chi connectivity index (χ0) is 20.6. The highest BCUT2D eigenvalue weighted by molar-refractivity contribution is 7.99. The summed E-state index contributed by atoms with van der Waals surface area (Å²) in [5.74, 6) is -0.309. The third kappa shape index (κ3) is 5.64. The molecule has 0 unspecified atom stereocenters. The molecule has 0 aliphatic heterocycles. The number of hydrogen-bond donors (Lipinski definition) is 1. The van der Waals surface area contributed by atoms with Crippen molar-refractivity contribution in [2.24, 2.45) is 0 Å². The zero-order valence-corrected chi connectivity index (χ0v) is 16.5. The summed E-state index contributed by atoms with van der Waals surface area (Å²) in [4.78, 5) is 23.3. The maximum atomic E-state index is 13.3. The Balaban J connectivity index is 1.81. The highest BCUT2D eigenvalue weighted by Gasteiger charge is 2.17. The second-order valence-corrected chi connectivity index (χ2v) is 6.88. The highest BCUT2D eigenvalue weighted by atomic mass is 32.2. The van der Waals surface area contributed by atoms with Gasteiger partial charge in [-0.1, -0.05) is 42.1 Å². The Morgan fingerprint density at radius 3 is 2.52 bits per heavy atom. The minimum Gasteiger partial charge on any atom is -0.450 e. The van der Waals surface area contributed by atoms with Crippen molar-refractivity contribution in [2.75, 3.05) is 12.4 Å². The molecule has 0 aliphatic rings. The van der Waals surface area contributed by atoms with Crippen molar-refractivity contribution in [1.29, 1.82) is 0 Å². The fourth-order valence-electron chi connectivity index (χ4n) is 2.56. The summed E-state index contributed by atoms with van der Waals surface area (Å²) in [5.41, 5.74) is 1.73. The van der Waals surface area contributed by atoms with Gasteiger partial charge >= 0.3 is 6.09 Å². The van der Waals surface area contributed by atoms with Gasteiger partial charge in [0.2, 0.25) is 5.91 Å². The van der Waals surface area contributed by atoms with Crippen LogP contribution in [0, 0.1) is 5.82 Å². The fraction of sp³-hybridized carbons (Fsp3) is 0.200. The first-order valence-electron chi connectivity index (χ1n) is 8.89. The number of alkyl carbamates (subject to hydrolysis) is 1. The molecule has 3 rings (SSSR count). The van der Waals surface area contributed by atoms with Crippen LogP contribution in [0.3, 0.4) is 0 Å². The molecule has 0 spiro atoms. The van der Waals surface area contributed by atoms with E-state index in [2.05, 4.69) is 15.5 Å². The third-order valence-corrected chi connectivity index (χ3v) is 4.82. The van der Waals surface area contributed by atoms with Gasteiger partial charge in [-0.05, 0) is 36.8 Å². The normalized spacial score (nSPS) is 10.6. The van der Waals surface area contributed by atoms with Crippen molar-refractivity contribution in [3.05, 3.63) is 66.0 Å². The first-order valence-corrected chi connectivity index (χ1v) is 9.88. The molecule has 9 heteroatoms. The van der Waals surface area contributed by atoms with Gasteiger partial charge in [0.05, 0.1) is 18.9 Å². The minimum absolute atomic E-state index is 0.0326. The van der Waals surface area contributed by atoms with E-state index in [9.17, 15) is 14.0 Å². The highest BCUT2D eigenvalue weighted by Crippen LogP contribution is 2.25. The predicted molar refractivity (Wildman–Crippen MR) is 107 cm³/mol. The van der Waals surface area contributed by atoms with E-state index in [0.717, 1.165) is 17.3 Å². The Bertz CT molecular complexity index is 977. The van der Waals surface area contributed by atoms with Crippen LogP contribution < -0.4 is 5.32 Å². The molecule has 1 aromatic heterocycles. The van der Waals surface area contributed by atoms with E-state index < -0.39 is 12.0 Å². The van der Waals surface area contributed by atoms with E-state index in [4.69, 9.17) is 4.74 Å². The lowest BCUT2D eigenvalue weighted by Crippen LogP contribution is -2.32. The van der Waals surface area contributed by atoms with Gasteiger partial charge in [0.15, 0.2) is 11.0 Å². The smallest absolute Gasteiger partial charge is 0.413 e. The Hall–Kier alpha value is -3.20. The van der Waals surface area contributed by atoms with Gasteiger partial charge in [-0.2, -0.15) is 0 Å². The number of aromatic nitrogens is 3. The molecule has 0 fully saturated rings. The Labute approximate surface area is 171 Å². The van der Waals surface area contributed by atoms with Crippen LogP contribution >= 0.6 is 11.8 Å². The number of rotatable bonds is 7. The number of hydrogen-bond acceptors (Lipinski definition) is 6. The largest absolute Gasteiger partial charge is 0.450 e. The molecule has 0 aliphatic carbocycles. The second-order valence-electron chi connectivity index (χ2n) is 5.94. The number of carbonyl (C=O) groups is 2. The summed E-state index contributed by atoms with van der Waals surface area (Å²) in [6.07, 6.45) is -0.782. The second kappa shape index (κ2) is 9.83. The molecule has 7 nitrogen and oxygen atoms in total. The molecule has 1 N–H and O–H groups in total. The van der Waals surface area contributed by atoms with Crippen LogP contribution in [0.1, 0.15) is 12.5 Å². The van der Waals surface area contributed by atoms with Gasteiger partial charge in [0, 0.05) is 5.56 Å². The summed E-state index contributed by atoms with van der Waals surface area (Å²) in [6, 6.07) is 15.7. The Morgan fingerprint density at radius 2 is 1.83 bits per heavy atom. The molecule has 0 radical (unpaired) electrons. The number of nitrogens with one attached hydrogen (secondary N) is 1. The minimum atomic E-state index is -0.782. The molecule has 150 valence electrons. The first-order chi connectivity index (χ1) is 14.1. The predicted octanol–water partition coefficient (Wildman–Crippen LogP) is 3.50. The average molecular weight is 414 g/mol. The van der Waals surface area contributed by atoms with Crippen LogP contribution in [-0.2, 0) is 16.1 Å².